The number of nitrogens with zero attached hydrogens (tertiary/aromatic N) is 2. The first-order valence-electron chi connectivity index (χ1n) is 6.27. The molecule has 2 aromatic rings. The van der Waals surface area contributed by atoms with Crippen LogP contribution in [0.1, 0.15) is 15.9 Å². The minimum absolute atomic E-state index is 0.290. The largest absolute Gasteiger partial charge is 0.497 e. The van der Waals surface area contributed by atoms with Crippen molar-refractivity contribution in [2.75, 3.05) is 7.11 Å². The van der Waals surface area contributed by atoms with Crippen LogP contribution in [0.15, 0.2) is 53.9 Å². The van der Waals surface area contributed by atoms with Crippen molar-refractivity contribution in [1.29, 1.82) is 0 Å². The molecule has 1 heterocycles. The number of rotatable bonds is 5. The predicted molar refractivity (Wildman–Crippen MR) is 78.9 cm³/mol. The number of hydrogen-bond donors (Lipinski definition) is 2. The fraction of sp³-hybridized carbons (Fsp3) is 0.0667. The Balaban J connectivity index is 2.24. The van der Waals surface area contributed by atoms with Gasteiger partial charge in [-0.1, -0.05) is 12.1 Å². The van der Waals surface area contributed by atoms with Gasteiger partial charge in [0.2, 0.25) is 0 Å². The molecule has 0 saturated heterocycles. The predicted octanol–water partition coefficient (Wildman–Crippen LogP) is 1.31. The number of aliphatic carboxylic acids is 1. The van der Waals surface area contributed by atoms with E-state index in [1.165, 1.54) is 37.7 Å². The molecule has 0 unspecified atom stereocenters. The third kappa shape index (κ3) is 3.66. The Labute approximate surface area is 126 Å². The number of carbonyl (C=O) groups is 2. The summed E-state index contributed by atoms with van der Waals surface area (Å²) >= 11 is 0. The summed E-state index contributed by atoms with van der Waals surface area (Å²) < 4.78 is 5.04. The maximum Gasteiger partial charge on any atom is 0.356 e. The highest BCUT2D eigenvalue weighted by Gasteiger charge is 2.14. The van der Waals surface area contributed by atoms with Gasteiger partial charge in [0.25, 0.3) is 5.91 Å². The van der Waals surface area contributed by atoms with Crippen LogP contribution in [0.5, 0.6) is 5.75 Å². The molecule has 1 aromatic heterocycles. The summed E-state index contributed by atoms with van der Waals surface area (Å²) in [5, 5.41) is 12.9. The Morgan fingerprint density at radius 1 is 1.18 bits per heavy atom. The number of nitrogens with one attached hydrogen (secondary N) is 1. The van der Waals surface area contributed by atoms with Crippen molar-refractivity contribution in [2.24, 2.45) is 5.10 Å². The smallest absolute Gasteiger partial charge is 0.356 e. The lowest BCUT2D eigenvalue weighted by Gasteiger charge is -2.05. The molecular formula is C15H13N3O4. The summed E-state index contributed by atoms with van der Waals surface area (Å²) in [6.07, 6.45) is 2.91. The molecule has 0 spiro atoms. The zero-order valence-corrected chi connectivity index (χ0v) is 11.7. The van der Waals surface area contributed by atoms with Crippen LogP contribution in [0.25, 0.3) is 0 Å². The summed E-state index contributed by atoms with van der Waals surface area (Å²) in [5.74, 6) is -1.29. The lowest BCUT2D eigenvalue weighted by atomic mass is 10.1. The van der Waals surface area contributed by atoms with Crippen molar-refractivity contribution in [3.05, 3.63) is 59.9 Å². The van der Waals surface area contributed by atoms with Crippen molar-refractivity contribution in [2.45, 2.75) is 0 Å². The van der Waals surface area contributed by atoms with E-state index in [1.54, 1.807) is 18.2 Å². The zero-order valence-electron chi connectivity index (χ0n) is 11.7. The van der Waals surface area contributed by atoms with Gasteiger partial charge in [0.15, 0.2) is 5.71 Å². The van der Waals surface area contributed by atoms with Crippen LogP contribution in [-0.2, 0) is 4.79 Å². The van der Waals surface area contributed by atoms with Crippen molar-refractivity contribution in [3.63, 3.8) is 0 Å². The molecule has 0 aliphatic heterocycles. The molecule has 7 heteroatoms. The van der Waals surface area contributed by atoms with Gasteiger partial charge < -0.3 is 9.84 Å². The Hall–Kier alpha value is -3.22. The fourth-order valence-corrected chi connectivity index (χ4v) is 1.68. The van der Waals surface area contributed by atoms with Crippen LogP contribution in [0, 0.1) is 0 Å². The fourth-order valence-electron chi connectivity index (χ4n) is 1.68. The molecule has 0 aliphatic carbocycles. The van der Waals surface area contributed by atoms with Crippen LogP contribution < -0.4 is 10.2 Å². The second-order valence-corrected chi connectivity index (χ2v) is 4.17. The lowest BCUT2D eigenvalue weighted by Crippen LogP contribution is -2.24. The Kier molecular flexibility index (Phi) is 4.81. The average Bonchev–Trinajstić information content (AvgIpc) is 2.55. The number of carboxylic acid groups (broad SMARTS) is 1. The summed E-state index contributed by atoms with van der Waals surface area (Å²) in [6, 6.07) is 9.39. The van der Waals surface area contributed by atoms with E-state index in [1.807, 2.05) is 0 Å². The number of pyridine rings is 1. The molecule has 1 aromatic carbocycles. The number of ether oxygens (including phenoxy) is 1. The van der Waals surface area contributed by atoms with Gasteiger partial charge in [-0.3, -0.25) is 9.78 Å². The molecule has 112 valence electrons. The molecule has 0 fully saturated rings. The maximum absolute atomic E-state index is 11.9. The normalized spacial score (nSPS) is 10.9. The van der Waals surface area contributed by atoms with Crippen molar-refractivity contribution in [1.82, 2.24) is 10.4 Å². The number of methoxy groups -OCH3 is 1. The number of hydrogen-bond acceptors (Lipinski definition) is 5. The van der Waals surface area contributed by atoms with E-state index in [-0.39, 0.29) is 5.71 Å². The van der Waals surface area contributed by atoms with E-state index < -0.39 is 11.9 Å². The van der Waals surface area contributed by atoms with Gasteiger partial charge in [0, 0.05) is 23.5 Å². The number of aromatic nitrogens is 1. The Morgan fingerprint density at radius 2 is 1.91 bits per heavy atom. The second kappa shape index (κ2) is 6.98. The third-order valence-electron chi connectivity index (χ3n) is 2.76. The number of amides is 1. The van der Waals surface area contributed by atoms with Crippen LogP contribution in [-0.4, -0.2) is 34.8 Å². The molecule has 0 radical (unpaired) electrons. The molecule has 0 aliphatic rings. The number of benzene rings is 1. The van der Waals surface area contributed by atoms with E-state index in [9.17, 15) is 14.7 Å². The molecule has 22 heavy (non-hydrogen) atoms. The molecule has 2 rings (SSSR count). The van der Waals surface area contributed by atoms with Crippen LogP contribution in [0.2, 0.25) is 0 Å². The number of carbonyl (C=O) groups excluding carboxylic acids is 1. The van der Waals surface area contributed by atoms with E-state index in [4.69, 9.17) is 4.74 Å². The quantitative estimate of drug-likeness (QED) is 0.640. The van der Waals surface area contributed by atoms with Gasteiger partial charge in [-0.2, -0.15) is 5.10 Å². The van der Waals surface area contributed by atoms with E-state index in [2.05, 4.69) is 15.5 Å². The summed E-state index contributed by atoms with van der Waals surface area (Å²) in [5.41, 5.74) is 2.57. The molecule has 0 atom stereocenters. The van der Waals surface area contributed by atoms with Gasteiger partial charge in [-0.15, -0.1) is 0 Å². The van der Waals surface area contributed by atoms with Gasteiger partial charge in [0.05, 0.1) is 7.11 Å². The minimum Gasteiger partial charge on any atom is -0.497 e. The van der Waals surface area contributed by atoms with Gasteiger partial charge in [-0.05, 0) is 24.3 Å². The number of hydrazone groups is 1. The van der Waals surface area contributed by atoms with E-state index >= 15 is 0 Å². The van der Waals surface area contributed by atoms with Gasteiger partial charge in [0.1, 0.15) is 5.75 Å². The van der Waals surface area contributed by atoms with E-state index in [0.29, 0.717) is 16.9 Å². The van der Waals surface area contributed by atoms with E-state index in [0.717, 1.165) is 0 Å². The highest BCUT2D eigenvalue weighted by Crippen LogP contribution is 2.13. The first-order valence-corrected chi connectivity index (χ1v) is 6.27. The lowest BCUT2D eigenvalue weighted by molar-refractivity contribution is -0.129. The van der Waals surface area contributed by atoms with Crippen LogP contribution in [0.3, 0.4) is 0 Å². The molecule has 7 nitrogen and oxygen atoms in total. The highest BCUT2D eigenvalue weighted by molar-refractivity contribution is 6.42. The van der Waals surface area contributed by atoms with Crippen LogP contribution in [0.4, 0.5) is 0 Å². The summed E-state index contributed by atoms with van der Waals surface area (Å²) in [6.45, 7) is 0. The topological polar surface area (TPSA) is 101 Å². The van der Waals surface area contributed by atoms with Crippen molar-refractivity contribution < 1.29 is 19.4 Å². The van der Waals surface area contributed by atoms with Crippen molar-refractivity contribution >= 4 is 17.6 Å². The van der Waals surface area contributed by atoms with Crippen molar-refractivity contribution in [3.8, 4) is 5.75 Å². The summed E-state index contributed by atoms with van der Waals surface area (Å²) in [7, 11) is 1.47. The highest BCUT2D eigenvalue weighted by atomic mass is 16.5. The molecular weight excluding hydrogens is 286 g/mol. The number of carboxylic acids is 1. The first-order chi connectivity index (χ1) is 10.6. The maximum atomic E-state index is 11.9. The molecule has 0 bridgehead atoms. The SMILES string of the molecule is COc1cccc(/C(=N/NC(=O)c2ccncc2)C(=O)O)c1. The standard InChI is InChI=1S/C15H13N3O4/c1-22-12-4-2-3-11(9-12)13(15(20)21)17-18-14(19)10-5-7-16-8-6-10/h2-9H,1H3,(H,18,19)(H,20,21)/b17-13-. The Bertz CT molecular complexity index is 714. The minimum atomic E-state index is -1.26. The van der Waals surface area contributed by atoms with Gasteiger partial charge >= 0.3 is 5.97 Å². The Morgan fingerprint density at radius 3 is 2.55 bits per heavy atom. The third-order valence-corrected chi connectivity index (χ3v) is 2.76. The molecule has 1 amide bonds. The average molecular weight is 299 g/mol. The first kappa shape index (κ1) is 15.2. The summed E-state index contributed by atoms with van der Waals surface area (Å²) in [4.78, 5) is 27.0. The molecule has 2 N–H and O–H groups in total. The zero-order chi connectivity index (χ0) is 15.9. The van der Waals surface area contributed by atoms with Gasteiger partial charge in [-0.25, -0.2) is 10.2 Å². The second-order valence-electron chi connectivity index (χ2n) is 4.17. The monoisotopic (exact) mass is 299 g/mol. The van der Waals surface area contributed by atoms with Crippen LogP contribution >= 0.6 is 0 Å². The molecule has 0 saturated carbocycles.